The van der Waals surface area contributed by atoms with Gasteiger partial charge in [0, 0.05) is 55.4 Å². The van der Waals surface area contributed by atoms with Crippen molar-refractivity contribution in [1.29, 1.82) is 0 Å². The Bertz CT molecular complexity index is 3790. The number of nitrogens with zero attached hydrogens (tertiary/aromatic N) is 3. The van der Waals surface area contributed by atoms with Crippen LogP contribution in [-0.2, 0) is 0 Å². The van der Waals surface area contributed by atoms with Crippen LogP contribution in [0.1, 0.15) is 0 Å². The van der Waals surface area contributed by atoms with Crippen molar-refractivity contribution in [3.05, 3.63) is 249 Å². The molecule has 0 radical (unpaired) electrons. The molecule has 0 saturated carbocycles. The lowest BCUT2D eigenvalue weighted by Crippen LogP contribution is -2.10. The molecule has 0 bridgehead atoms. The maximum absolute atomic E-state index is 2.54. The summed E-state index contributed by atoms with van der Waals surface area (Å²) >= 11 is 0. The van der Waals surface area contributed by atoms with E-state index in [1.54, 1.807) is 0 Å². The number of hydrogen-bond acceptors (Lipinski definition) is 1. The van der Waals surface area contributed by atoms with Gasteiger partial charge in [-0.15, -0.1) is 0 Å². The molecule has 13 rings (SSSR count). The molecule has 0 aliphatic heterocycles. The Hall–Kier alpha value is -8.66. The van der Waals surface area contributed by atoms with E-state index in [1.165, 1.54) is 76.4 Å². The van der Waals surface area contributed by atoms with Gasteiger partial charge in [0.1, 0.15) is 0 Å². The van der Waals surface area contributed by atoms with E-state index in [1.807, 2.05) is 0 Å². The van der Waals surface area contributed by atoms with Crippen molar-refractivity contribution in [2.75, 3.05) is 4.90 Å². The van der Waals surface area contributed by atoms with Crippen molar-refractivity contribution in [1.82, 2.24) is 9.13 Å². The maximum Gasteiger partial charge on any atom is 0.0619 e. The minimum Gasteiger partial charge on any atom is -0.310 e. The summed E-state index contributed by atoms with van der Waals surface area (Å²) in [4.78, 5) is 2.39. The highest BCUT2D eigenvalue weighted by molar-refractivity contribution is 6.14. The monoisotopic (exact) mass is 827 g/mol. The molecule has 304 valence electrons. The summed E-state index contributed by atoms with van der Waals surface area (Å²) in [6, 6.07) is 90.9. The number of anilines is 3. The zero-order valence-electron chi connectivity index (χ0n) is 35.5. The van der Waals surface area contributed by atoms with E-state index in [9.17, 15) is 0 Å². The molecule has 0 aliphatic carbocycles. The van der Waals surface area contributed by atoms with Crippen LogP contribution in [0.25, 0.3) is 98.8 Å². The number of para-hydroxylation sites is 5. The van der Waals surface area contributed by atoms with E-state index < -0.39 is 0 Å². The number of benzene rings is 11. The predicted octanol–water partition coefficient (Wildman–Crippen LogP) is 17.0. The molecule has 13 aromatic rings. The number of fused-ring (bicyclic) bond motifs is 8. The summed E-state index contributed by atoms with van der Waals surface area (Å²) in [6.07, 6.45) is 0. The van der Waals surface area contributed by atoms with Gasteiger partial charge in [-0.05, 0) is 99.4 Å². The molecule has 11 aromatic carbocycles. The van der Waals surface area contributed by atoms with Gasteiger partial charge in [0.2, 0.25) is 0 Å². The molecule has 0 N–H and O–H groups in total. The van der Waals surface area contributed by atoms with Crippen LogP contribution in [-0.4, -0.2) is 9.13 Å². The van der Waals surface area contributed by atoms with E-state index in [2.05, 4.69) is 263 Å². The van der Waals surface area contributed by atoms with Crippen molar-refractivity contribution in [2.45, 2.75) is 0 Å². The molecular weight excluding hydrogens is 787 g/mol. The highest BCUT2D eigenvalue weighted by Crippen LogP contribution is 2.46. The fraction of sp³-hybridized carbons (Fsp3) is 0. The largest absolute Gasteiger partial charge is 0.310 e. The molecule has 0 spiro atoms. The molecular formula is C62H41N3. The summed E-state index contributed by atoms with van der Waals surface area (Å²) in [7, 11) is 0. The van der Waals surface area contributed by atoms with Crippen LogP contribution < -0.4 is 4.90 Å². The Labute approximate surface area is 376 Å². The number of aromatic nitrogens is 2. The van der Waals surface area contributed by atoms with E-state index in [0.29, 0.717) is 0 Å². The normalized spacial score (nSPS) is 11.7. The predicted molar refractivity (Wildman–Crippen MR) is 276 cm³/mol. The highest BCUT2D eigenvalue weighted by Gasteiger charge is 2.23. The van der Waals surface area contributed by atoms with E-state index in [-0.39, 0.29) is 0 Å². The molecule has 0 fully saturated rings. The Morgan fingerprint density at radius 1 is 0.246 bits per heavy atom. The molecule has 2 heterocycles. The molecule has 3 nitrogen and oxygen atoms in total. The van der Waals surface area contributed by atoms with Gasteiger partial charge < -0.3 is 14.0 Å². The summed E-state index contributed by atoms with van der Waals surface area (Å²) in [5.41, 5.74) is 15.0. The SMILES string of the molecule is c1ccc(N(c2ccc(-n3c4ccccc4c4ccccc43)cc2)c2ccc3c4ccccc4n(-c4c(-c5cccc6ccccc56)cccc4-c4cccc5ccccc45)c3c2)cc1. The third-order valence-electron chi connectivity index (χ3n) is 13.3. The molecule has 0 saturated heterocycles. The van der Waals surface area contributed by atoms with E-state index in [0.717, 1.165) is 39.5 Å². The maximum atomic E-state index is 2.54. The average Bonchev–Trinajstić information content (AvgIpc) is 3.89. The Morgan fingerprint density at radius 2 is 0.646 bits per heavy atom. The number of hydrogen-bond donors (Lipinski definition) is 0. The van der Waals surface area contributed by atoms with E-state index in [4.69, 9.17) is 0 Å². The Morgan fingerprint density at radius 3 is 1.22 bits per heavy atom. The summed E-state index contributed by atoms with van der Waals surface area (Å²) < 4.78 is 4.92. The van der Waals surface area contributed by atoms with Crippen molar-refractivity contribution >= 4 is 82.2 Å². The molecule has 0 amide bonds. The zero-order chi connectivity index (χ0) is 42.8. The highest BCUT2D eigenvalue weighted by atomic mass is 15.1. The molecule has 3 heteroatoms. The van der Waals surface area contributed by atoms with Crippen LogP contribution >= 0.6 is 0 Å². The lowest BCUT2D eigenvalue weighted by Gasteiger charge is -2.26. The molecule has 65 heavy (non-hydrogen) atoms. The summed E-state index contributed by atoms with van der Waals surface area (Å²) in [6.45, 7) is 0. The Balaban J connectivity index is 1.07. The smallest absolute Gasteiger partial charge is 0.0619 e. The van der Waals surface area contributed by atoms with Gasteiger partial charge in [0.25, 0.3) is 0 Å². The van der Waals surface area contributed by atoms with Gasteiger partial charge in [-0.25, -0.2) is 0 Å². The van der Waals surface area contributed by atoms with Crippen LogP contribution in [0.15, 0.2) is 249 Å². The molecule has 0 unspecified atom stereocenters. The van der Waals surface area contributed by atoms with Crippen LogP contribution in [0.2, 0.25) is 0 Å². The van der Waals surface area contributed by atoms with E-state index >= 15 is 0 Å². The lowest BCUT2D eigenvalue weighted by molar-refractivity contribution is 1.17. The van der Waals surface area contributed by atoms with Gasteiger partial charge in [-0.1, -0.05) is 182 Å². The molecule has 2 aromatic heterocycles. The van der Waals surface area contributed by atoms with Crippen LogP contribution in [0, 0.1) is 0 Å². The minimum absolute atomic E-state index is 1.08. The quantitative estimate of drug-likeness (QED) is 0.156. The van der Waals surface area contributed by atoms with Gasteiger partial charge in [0.15, 0.2) is 0 Å². The summed E-state index contributed by atoms with van der Waals surface area (Å²) in [5.74, 6) is 0. The summed E-state index contributed by atoms with van der Waals surface area (Å²) in [5, 5.41) is 9.83. The second-order valence-electron chi connectivity index (χ2n) is 16.9. The van der Waals surface area contributed by atoms with Crippen molar-refractivity contribution in [2.24, 2.45) is 0 Å². The van der Waals surface area contributed by atoms with Crippen LogP contribution in [0.3, 0.4) is 0 Å². The fourth-order valence-corrected chi connectivity index (χ4v) is 10.5. The van der Waals surface area contributed by atoms with Gasteiger partial charge in [-0.3, -0.25) is 0 Å². The van der Waals surface area contributed by atoms with Crippen molar-refractivity contribution in [3.63, 3.8) is 0 Å². The topological polar surface area (TPSA) is 13.1 Å². The first-order valence-corrected chi connectivity index (χ1v) is 22.4. The molecule has 0 atom stereocenters. The zero-order valence-corrected chi connectivity index (χ0v) is 35.5. The number of rotatable bonds is 7. The van der Waals surface area contributed by atoms with Crippen LogP contribution in [0.5, 0.6) is 0 Å². The second kappa shape index (κ2) is 15.0. The molecule has 0 aliphatic rings. The van der Waals surface area contributed by atoms with Gasteiger partial charge in [-0.2, -0.15) is 0 Å². The van der Waals surface area contributed by atoms with Gasteiger partial charge in [0.05, 0.1) is 27.8 Å². The minimum atomic E-state index is 1.08. The first-order valence-electron chi connectivity index (χ1n) is 22.4. The first-order chi connectivity index (χ1) is 32.3. The Kier molecular flexibility index (Phi) is 8.53. The van der Waals surface area contributed by atoms with Gasteiger partial charge >= 0.3 is 0 Å². The fourth-order valence-electron chi connectivity index (χ4n) is 10.5. The van der Waals surface area contributed by atoms with Crippen molar-refractivity contribution < 1.29 is 0 Å². The first kappa shape index (κ1) is 36.9. The standard InChI is InChI=1S/C62H41N3/c1-2-21-44(22-3-1)63(45-35-37-46(38-36-45)64-58-32-11-8-25-52(58)53-26-9-12-33-59(53)64)47-39-40-55-54-27-10-13-34-60(54)65(61(55)41-47)62-56(50-28-14-19-42-17-4-6-23-48(42)50)30-16-31-57(62)51-29-15-20-43-18-5-7-24-49(43)51/h1-41H. The average molecular weight is 828 g/mol. The third kappa shape index (κ3) is 5.90. The third-order valence-corrected chi connectivity index (χ3v) is 13.3. The van der Waals surface area contributed by atoms with Crippen molar-refractivity contribution in [3.8, 4) is 33.6 Å². The second-order valence-corrected chi connectivity index (χ2v) is 16.9. The van der Waals surface area contributed by atoms with Crippen LogP contribution in [0.4, 0.5) is 17.1 Å². The lowest BCUT2D eigenvalue weighted by atomic mass is 9.90.